The molecule has 0 atom stereocenters. The minimum Gasteiger partial charge on any atom is -0.298 e. The van der Waals surface area contributed by atoms with Crippen LogP contribution in [0.4, 0.5) is 16.5 Å². The van der Waals surface area contributed by atoms with E-state index in [1.165, 1.54) is 46.8 Å². The summed E-state index contributed by atoms with van der Waals surface area (Å²) in [4.78, 5) is 27.4. The molecule has 0 aliphatic rings. The number of rotatable bonds is 7. The van der Waals surface area contributed by atoms with Crippen molar-refractivity contribution in [1.82, 2.24) is 4.98 Å². The standard InChI is InChI=1S/C22H18N4O5S2/c1-2-25(16-6-4-3-5-7-16)33(30,31)18-11-8-15(9-12-18)21(27)24-22-23-19-13-10-17(26(28)29)14-20(19)32-22/h3-14H,2H2,1H3,(H,23,24,27). The van der Waals surface area contributed by atoms with Gasteiger partial charge in [-0.15, -0.1) is 0 Å². The summed E-state index contributed by atoms with van der Waals surface area (Å²) in [5, 5.41) is 13.9. The number of hydrogen-bond donors (Lipinski definition) is 1. The number of non-ortho nitro benzene ring substituents is 1. The van der Waals surface area contributed by atoms with Crippen LogP contribution in [0.3, 0.4) is 0 Å². The van der Waals surface area contributed by atoms with Crippen LogP contribution in [0.1, 0.15) is 17.3 Å². The third-order valence-corrected chi connectivity index (χ3v) is 7.69. The maximum Gasteiger partial charge on any atom is 0.270 e. The van der Waals surface area contributed by atoms with Crippen LogP contribution in [0.25, 0.3) is 10.2 Å². The van der Waals surface area contributed by atoms with Crippen LogP contribution in [0, 0.1) is 10.1 Å². The largest absolute Gasteiger partial charge is 0.298 e. The monoisotopic (exact) mass is 482 g/mol. The van der Waals surface area contributed by atoms with Crippen molar-refractivity contribution in [3.8, 4) is 0 Å². The molecule has 11 heteroatoms. The first kappa shape index (κ1) is 22.4. The van der Waals surface area contributed by atoms with Crippen LogP contribution < -0.4 is 9.62 Å². The predicted molar refractivity (Wildman–Crippen MR) is 127 cm³/mol. The van der Waals surface area contributed by atoms with Gasteiger partial charge in [0.15, 0.2) is 5.13 Å². The number of nitro benzene ring substituents is 1. The Balaban J connectivity index is 1.53. The number of benzene rings is 3. The zero-order valence-electron chi connectivity index (χ0n) is 17.3. The van der Waals surface area contributed by atoms with Gasteiger partial charge in [0.05, 0.1) is 25.7 Å². The molecule has 1 amide bonds. The fourth-order valence-electron chi connectivity index (χ4n) is 3.24. The summed E-state index contributed by atoms with van der Waals surface area (Å²) in [6.07, 6.45) is 0. The Kier molecular flexibility index (Phi) is 6.07. The molecule has 1 N–H and O–H groups in total. The topological polar surface area (TPSA) is 123 Å². The number of nitrogens with one attached hydrogen (secondary N) is 1. The molecule has 0 radical (unpaired) electrons. The number of carbonyl (C=O) groups is 1. The number of nitrogens with zero attached hydrogens (tertiary/aromatic N) is 3. The fourth-order valence-corrected chi connectivity index (χ4v) is 5.61. The molecule has 0 saturated heterocycles. The van der Waals surface area contributed by atoms with E-state index in [2.05, 4.69) is 10.3 Å². The third kappa shape index (κ3) is 4.54. The van der Waals surface area contributed by atoms with Crippen molar-refractivity contribution in [3.63, 3.8) is 0 Å². The number of hydrogen-bond acceptors (Lipinski definition) is 7. The van der Waals surface area contributed by atoms with Gasteiger partial charge in [0.2, 0.25) is 0 Å². The molecule has 3 aromatic carbocycles. The van der Waals surface area contributed by atoms with Crippen LogP contribution in [0.15, 0.2) is 77.7 Å². The third-order valence-electron chi connectivity index (χ3n) is 4.84. The Morgan fingerprint density at radius 2 is 1.79 bits per heavy atom. The van der Waals surface area contributed by atoms with Crippen LogP contribution >= 0.6 is 11.3 Å². The van der Waals surface area contributed by atoms with Gasteiger partial charge in [-0.3, -0.25) is 24.5 Å². The lowest BCUT2D eigenvalue weighted by molar-refractivity contribution is -0.384. The van der Waals surface area contributed by atoms with E-state index >= 15 is 0 Å². The van der Waals surface area contributed by atoms with Gasteiger partial charge in [0, 0.05) is 24.2 Å². The van der Waals surface area contributed by atoms with Crippen molar-refractivity contribution in [2.45, 2.75) is 11.8 Å². The van der Waals surface area contributed by atoms with Gasteiger partial charge in [-0.25, -0.2) is 13.4 Å². The molecule has 0 aliphatic heterocycles. The highest BCUT2D eigenvalue weighted by molar-refractivity contribution is 7.92. The Morgan fingerprint density at radius 1 is 1.09 bits per heavy atom. The van der Waals surface area contributed by atoms with E-state index in [1.54, 1.807) is 31.2 Å². The van der Waals surface area contributed by atoms with Gasteiger partial charge in [-0.1, -0.05) is 29.5 Å². The normalized spacial score (nSPS) is 11.3. The summed E-state index contributed by atoms with van der Waals surface area (Å²) in [7, 11) is -3.80. The minimum atomic E-state index is -3.80. The van der Waals surface area contributed by atoms with Gasteiger partial charge in [-0.05, 0) is 49.4 Å². The molecular weight excluding hydrogens is 464 g/mol. The second-order valence-electron chi connectivity index (χ2n) is 6.91. The van der Waals surface area contributed by atoms with Gasteiger partial charge in [0.1, 0.15) is 0 Å². The number of thiazole rings is 1. The summed E-state index contributed by atoms with van der Waals surface area (Å²) in [6, 6.07) is 18.7. The molecule has 0 fully saturated rings. The number of nitro groups is 1. The van der Waals surface area contributed by atoms with Crippen molar-refractivity contribution in [3.05, 3.63) is 88.5 Å². The van der Waals surface area contributed by atoms with Gasteiger partial charge in [0.25, 0.3) is 21.6 Å². The quantitative estimate of drug-likeness (QED) is 0.302. The van der Waals surface area contributed by atoms with E-state index in [1.807, 2.05) is 6.07 Å². The molecule has 0 bridgehead atoms. The summed E-state index contributed by atoms with van der Waals surface area (Å²) in [5.41, 5.74) is 1.28. The number of amides is 1. The van der Waals surface area contributed by atoms with Crippen LogP contribution in [-0.2, 0) is 10.0 Å². The molecule has 1 heterocycles. The minimum absolute atomic E-state index is 0.0579. The van der Waals surface area contributed by atoms with E-state index in [0.717, 1.165) is 11.3 Å². The lowest BCUT2D eigenvalue weighted by atomic mass is 10.2. The highest BCUT2D eigenvalue weighted by Crippen LogP contribution is 2.29. The molecule has 9 nitrogen and oxygen atoms in total. The van der Waals surface area contributed by atoms with Crippen molar-refractivity contribution >= 4 is 54.0 Å². The van der Waals surface area contributed by atoms with Crippen molar-refractivity contribution < 1.29 is 18.1 Å². The fraction of sp³-hybridized carbons (Fsp3) is 0.0909. The lowest BCUT2D eigenvalue weighted by Gasteiger charge is -2.22. The highest BCUT2D eigenvalue weighted by atomic mass is 32.2. The smallest absolute Gasteiger partial charge is 0.270 e. The van der Waals surface area contributed by atoms with Gasteiger partial charge >= 0.3 is 0 Å². The molecule has 0 unspecified atom stereocenters. The molecular formula is C22H18N4O5S2. The number of anilines is 2. The second kappa shape index (κ2) is 8.96. The first-order valence-electron chi connectivity index (χ1n) is 9.84. The van der Waals surface area contributed by atoms with E-state index in [-0.39, 0.29) is 27.8 Å². The molecule has 0 saturated carbocycles. The second-order valence-corrected chi connectivity index (χ2v) is 9.80. The first-order chi connectivity index (χ1) is 15.8. The Hall–Kier alpha value is -3.83. The maximum absolute atomic E-state index is 13.1. The van der Waals surface area contributed by atoms with Crippen LogP contribution in [-0.4, -0.2) is 30.8 Å². The summed E-state index contributed by atoms with van der Waals surface area (Å²) in [5.74, 6) is -0.470. The first-order valence-corrected chi connectivity index (χ1v) is 12.1. The Labute approximate surface area is 193 Å². The number of carbonyl (C=O) groups excluding carboxylic acids is 1. The van der Waals surface area contributed by atoms with Crippen LogP contribution in [0.5, 0.6) is 0 Å². The Bertz CT molecular complexity index is 1430. The molecule has 168 valence electrons. The van der Waals surface area contributed by atoms with Crippen molar-refractivity contribution in [1.29, 1.82) is 0 Å². The zero-order chi connectivity index (χ0) is 23.6. The predicted octanol–water partition coefficient (Wildman–Crippen LogP) is 4.67. The summed E-state index contributed by atoms with van der Waals surface area (Å²) >= 11 is 1.11. The van der Waals surface area contributed by atoms with E-state index in [0.29, 0.717) is 15.9 Å². The van der Waals surface area contributed by atoms with Crippen molar-refractivity contribution in [2.75, 3.05) is 16.2 Å². The summed E-state index contributed by atoms with van der Waals surface area (Å²) in [6.45, 7) is 2.00. The van der Waals surface area contributed by atoms with Gasteiger partial charge in [-0.2, -0.15) is 0 Å². The number of sulfonamides is 1. The number of fused-ring (bicyclic) bond motifs is 1. The molecule has 0 aliphatic carbocycles. The molecule has 33 heavy (non-hydrogen) atoms. The van der Waals surface area contributed by atoms with Crippen LogP contribution in [0.2, 0.25) is 0 Å². The van der Waals surface area contributed by atoms with E-state index in [9.17, 15) is 23.3 Å². The summed E-state index contributed by atoms with van der Waals surface area (Å²) < 4.78 is 28.0. The SMILES string of the molecule is CCN(c1ccccc1)S(=O)(=O)c1ccc(C(=O)Nc2nc3ccc([N+](=O)[O-])cc3s2)cc1. The molecule has 4 aromatic rings. The highest BCUT2D eigenvalue weighted by Gasteiger charge is 2.24. The molecule has 1 aromatic heterocycles. The average Bonchev–Trinajstić information content (AvgIpc) is 3.21. The number of aromatic nitrogens is 1. The average molecular weight is 483 g/mol. The lowest BCUT2D eigenvalue weighted by Crippen LogP contribution is -2.30. The maximum atomic E-state index is 13.1. The van der Waals surface area contributed by atoms with Crippen molar-refractivity contribution in [2.24, 2.45) is 0 Å². The van der Waals surface area contributed by atoms with E-state index < -0.39 is 20.9 Å². The van der Waals surface area contributed by atoms with E-state index in [4.69, 9.17) is 0 Å². The molecule has 4 rings (SSSR count). The number of para-hydroxylation sites is 1. The Morgan fingerprint density at radius 3 is 2.42 bits per heavy atom. The molecule has 0 spiro atoms. The van der Waals surface area contributed by atoms with Gasteiger partial charge < -0.3 is 0 Å². The zero-order valence-corrected chi connectivity index (χ0v) is 19.0.